The summed E-state index contributed by atoms with van der Waals surface area (Å²) in [6.45, 7) is 0. The molecule has 1 aromatic rings. The van der Waals surface area contributed by atoms with Gasteiger partial charge in [0.05, 0.1) is 0 Å². The van der Waals surface area contributed by atoms with Gasteiger partial charge in [0.25, 0.3) is 0 Å². The highest BCUT2D eigenvalue weighted by Gasteiger charge is 2.00. The number of ether oxygens (including phenoxy) is 1. The van der Waals surface area contributed by atoms with Crippen molar-refractivity contribution in [2.24, 2.45) is 0 Å². The molecule has 0 amide bonds. The molecule has 0 bridgehead atoms. The van der Waals surface area contributed by atoms with Crippen molar-refractivity contribution in [3.8, 4) is 0 Å². The topological polar surface area (TPSA) is 29.5 Å². The van der Waals surface area contributed by atoms with Crippen molar-refractivity contribution in [3.63, 3.8) is 0 Å². The van der Waals surface area contributed by atoms with Crippen LogP contribution in [0.1, 0.15) is 17.7 Å². The monoisotopic (exact) mass is 186 g/mol. The fourth-order valence-corrected chi connectivity index (χ4v) is 1.77. The number of aryl methyl sites for hydroxylation is 1. The number of methoxy groups -OCH3 is 1. The first-order valence-electron chi connectivity index (χ1n) is 4.06. The molecule has 1 unspecified atom stereocenters. The highest BCUT2D eigenvalue weighted by atomic mass is 32.1. The zero-order valence-corrected chi connectivity index (χ0v) is 8.01. The van der Waals surface area contributed by atoms with E-state index in [0.717, 1.165) is 12.8 Å². The summed E-state index contributed by atoms with van der Waals surface area (Å²) in [5, 5.41) is 11.1. The Hall–Kier alpha value is -0.380. The lowest BCUT2D eigenvalue weighted by Crippen LogP contribution is -2.08. The van der Waals surface area contributed by atoms with Gasteiger partial charge >= 0.3 is 0 Å². The molecule has 1 atom stereocenters. The predicted octanol–water partition coefficient (Wildman–Crippen LogP) is 2.04. The van der Waals surface area contributed by atoms with E-state index < -0.39 is 6.29 Å². The lowest BCUT2D eigenvalue weighted by atomic mass is 10.2. The van der Waals surface area contributed by atoms with Crippen LogP contribution in [-0.2, 0) is 11.2 Å². The smallest absolute Gasteiger partial charge is 0.154 e. The minimum Gasteiger partial charge on any atom is -0.368 e. The highest BCUT2D eigenvalue weighted by molar-refractivity contribution is 7.09. The molecule has 1 heterocycles. The van der Waals surface area contributed by atoms with Gasteiger partial charge in [0.2, 0.25) is 0 Å². The molecule has 12 heavy (non-hydrogen) atoms. The van der Waals surface area contributed by atoms with E-state index in [0.29, 0.717) is 6.42 Å². The van der Waals surface area contributed by atoms with Crippen LogP contribution in [0.5, 0.6) is 0 Å². The molecular formula is C9H14O2S. The van der Waals surface area contributed by atoms with Crippen LogP contribution in [0.25, 0.3) is 0 Å². The fourth-order valence-electron chi connectivity index (χ4n) is 1.02. The zero-order chi connectivity index (χ0) is 8.81. The number of aliphatic hydroxyl groups excluding tert-OH is 1. The van der Waals surface area contributed by atoms with Crippen LogP contribution in [0.4, 0.5) is 0 Å². The van der Waals surface area contributed by atoms with E-state index in [1.807, 2.05) is 6.07 Å². The van der Waals surface area contributed by atoms with Gasteiger partial charge in [-0.25, -0.2) is 0 Å². The number of hydrogen-bond acceptors (Lipinski definition) is 3. The Labute approximate surface area is 76.8 Å². The van der Waals surface area contributed by atoms with E-state index in [1.54, 1.807) is 11.3 Å². The number of aliphatic hydroxyl groups is 1. The Morgan fingerprint density at radius 1 is 1.67 bits per heavy atom. The standard InChI is InChI=1S/C9H14O2S/c1-11-9(10)6-2-4-8-5-3-7-12-8/h3,5,7,9-10H,2,4,6H2,1H3. The largest absolute Gasteiger partial charge is 0.368 e. The number of thiophene rings is 1. The first-order chi connectivity index (χ1) is 5.83. The Morgan fingerprint density at radius 3 is 3.08 bits per heavy atom. The first kappa shape index (κ1) is 9.71. The Bertz CT molecular complexity index is 196. The average Bonchev–Trinajstić information content (AvgIpc) is 2.57. The molecule has 0 aliphatic carbocycles. The van der Waals surface area contributed by atoms with E-state index in [9.17, 15) is 0 Å². The molecule has 68 valence electrons. The molecule has 1 aromatic heterocycles. The summed E-state index contributed by atoms with van der Waals surface area (Å²) in [7, 11) is 1.52. The third-order valence-electron chi connectivity index (χ3n) is 1.73. The SMILES string of the molecule is COC(O)CCCc1cccs1. The molecule has 0 aromatic carbocycles. The first-order valence-corrected chi connectivity index (χ1v) is 4.94. The molecule has 2 nitrogen and oxygen atoms in total. The molecule has 0 aliphatic rings. The Morgan fingerprint density at radius 2 is 2.50 bits per heavy atom. The van der Waals surface area contributed by atoms with E-state index >= 15 is 0 Å². The second kappa shape index (κ2) is 5.30. The van der Waals surface area contributed by atoms with Crippen LogP contribution in [-0.4, -0.2) is 18.5 Å². The number of hydrogen-bond donors (Lipinski definition) is 1. The van der Waals surface area contributed by atoms with Crippen LogP contribution >= 0.6 is 11.3 Å². The van der Waals surface area contributed by atoms with Crippen molar-refractivity contribution >= 4 is 11.3 Å². The van der Waals surface area contributed by atoms with Crippen molar-refractivity contribution in [1.82, 2.24) is 0 Å². The van der Waals surface area contributed by atoms with Gasteiger partial charge in [-0.2, -0.15) is 0 Å². The van der Waals surface area contributed by atoms with Crippen LogP contribution < -0.4 is 0 Å². The fraction of sp³-hybridized carbons (Fsp3) is 0.556. The third kappa shape index (κ3) is 3.34. The molecular weight excluding hydrogens is 172 g/mol. The van der Waals surface area contributed by atoms with Crippen molar-refractivity contribution in [2.45, 2.75) is 25.6 Å². The van der Waals surface area contributed by atoms with E-state index in [-0.39, 0.29) is 0 Å². The molecule has 0 spiro atoms. The number of rotatable bonds is 5. The van der Waals surface area contributed by atoms with E-state index in [4.69, 9.17) is 9.84 Å². The average molecular weight is 186 g/mol. The maximum absolute atomic E-state index is 9.07. The van der Waals surface area contributed by atoms with Gasteiger partial charge in [0, 0.05) is 12.0 Å². The van der Waals surface area contributed by atoms with Crippen LogP contribution in [0, 0.1) is 0 Å². The van der Waals surface area contributed by atoms with Gasteiger partial charge in [-0.15, -0.1) is 11.3 Å². The molecule has 0 saturated carbocycles. The second-order valence-corrected chi connectivity index (χ2v) is 3.69. The lowest BCUT2D eigenvalue weighted by Gasteiger charge is -2.06. The van der Waals surface area contributed by atoms with Gasteiger partial charge < -0.3 is 9.84 Å². The quantitative estimate of drug-likeness (QED) is 0.713. The van der Waals surface area contributed by atoms with Crippen molar-refractivity contribution in [1.29, 1.82) is 0 Å². The van der Waals surface area contributed by atoms with Crippen LogP contribution in [0.2, 0.25) is 0 Å². The van der Waals surface area contributed by atoms with Gasteiger partial charge in [-0.1, -0.05) is 6.07 Å². The summed E-state index contributed by atoms with van der Waals surface area (Å²) >= 11 is 1.76. The van der Waals surface area contributed by atoms with Crippen LogP contribution in [0.15, 0.2) is 17.5 Å². The molecule has 1 rings (SSSR count). The summed E-state index contributed by atoms with van der Waals surface area (Å²) < 4.78 is 4.73. The lowest BCUT2D eigenvalue weighted by molar-refractivity contribution is -0.0789. The van der Waals surface area contributed by atoms with Crippen LogP contribution in [0.3, 0.4) is 0 Å². The zero-order valence-electron chi connectivity index (χ0n) is 7.19. The normalized spacial score (nSPS) is 13.2. The summed E-state index contributed by atoms with van der Waals surface area (Å²) in [5.74, 6) is 0. The van der Waals surface area contributed by atoms with Gasteiger partial charge in [0.15, 0.2) is 6.29 Å². The van der Waals surface area contributed by atoms with Gasteiger partial charge in [-0.05, 0) is 30.7 Å². The molecule has 1 N–H and O–H groups in total. The van der Waals surface area contributed by atoms with Gasteiger partial charge in [-0.3, -0.25) is 0 Å². The van der Waals surface area contributed by atoms with Crippen molar-refractivity contribution in [3.05, 3.63) is 22.4 Å². The van der Waals surface area contributed by atoms with Crippen molar-refractivity contribution < 1.29 is 9.84 Å². The summed E-state index contributed by atoms with van der Waals surface area (Å²) in [6.07, 6.45) is 2.15. The Kier molecular flexibility index (Phi) is 4.29. The second-order valence-electron chi connectivity index (χ2n) is 2.66. The van der Waals surface area contributed by atoms with E-state index in [1.165, 1.54) is 12.0 Å². The molecule has 3 heteroatoms. The molecule has 0 aliphatic heterocycles. The molecule has 0 saturated heterocycles. The van der Waals surface area contributed by atoms with Gasteiger partial charge in [0.1, 0.15) is 0 Å². The minimum absolute atomic E-state index is 0.593. The van der Waals surface area contributed by atoms with Crippen molar-refractivity contribution in [2.75, 3.05) is 7.11 Å². The Balaban J connectivity index is 2.11. The summed E-state index contributed by atoms with van der Waals surface area (Å²) in [4.78, 5) is 1.37. The predicted molar refractivity (Wildman–Crippen MR) is 50.3 cm³/mol. The molecule has 0 radical (unpaired) electrons. The maximum Gasteiger partial charge on any atom is 0.154 e. The third-order valence-corrected chi connectivity index (χ3v) is 2.66. The molecule has 0 fully saturated rings. The highest BCUT2D eigenvalue weighted by Crippen LogP contribution is 2.12. The summed E-state index contributed by atoms with van der Waals surface area (Å²) in [5.41, 5.74) is 0. The van der Waals surface area contributed by atoms with E-state index in [2.05, 4.69) is 11.4 Å². The summed E-state index contributed by atoms with van der Waals surface area (Å²) in [6, 6.07) is 4.16. The minimum atomic E-state index is -0.593. The maximum atomic E-state index is 9.07.